The van der Waals surface area contributed by atoms with E-state index in [0.717, 1.165) is 37.1 Å². The summed E-state index contributed by atoms with van der Waals surface area (Å²) in [4.78, 5) is 27.1. The topological polar surface area (TPSA) is 75.4 Å². The van der Waals surface area contributed by atoms with Crippen LogP contribution in [-0.4, -0.2) is 23.5 Å². The van der Waals surface area contributed by atoms with Crippen molar-refractivity contribution in [3.05, 3.63) is 40.8 Å². The monoisotopic (exact) mass is 353 g/mol. The maximum absolute atomic E-state index is 12.8. The minimum absolute atomic E-state index is 0.0728. The number of fused-ring (bicyclic) bond motifs is 1. The molecule has 1 saturated carbocycles. The van der Waals surface area contributed by atoms with Crippen molar-refractivity contribution in [3.8, 4) is 0 Å². The Morgan fingerprint density at radius 2 is 2.08 bits per heavy atom. The molecule has 0 unspecified atom stereocenters. The summed E-state index contributed by atoms with van der Waals surface area (Å²) in [5, 5.41) is 6.87. The molecule has 136 valence electrons. The molecule has 1 N–H and O–H groups in total. The summed E-state index contributed by atoms with van der Waals surface area (Å²) in [6.07, 6.45) is 2.85. The van der Waals surface area contributed by atoms with Crippen LogP contribution in [0.1, 0.15) is 60.0 Å². The third kappa shape index (κ3) is 2.89. The van der Waals surface area contributed by atoms with Crippen molar-refractivity contribution in [1.82, 2.24) is 5.16 Å². The van der Waals surface area contributed by atoms with Gasteiger partial charge in [0.2, 0.25) is 5.91 Å². The SMILES string of the molecule is Cc1noc(C(C)C)c1C(=O)Nc1ccc2c(c1)N(C(=O)C1CC1)CC2. The highest BCUT2D eigenvalue weighted by molar-refractivity contribution is 6.06. The molecular formula is C20H23N3O3. The normalized spacial score (nSPS) is 16.1. The number of hydrogen-bond acceptors (Lipinski definition) is 4. The molecule has 0 atom stereocenters. The van der Waals surface area contributed by atoms with E-state index in [4.69, 9.17) is 4.52 Å². The number of carbonyl (C=O) groups is 2. The number of aryl methyl sites for hydroxylation is 1. The largest absolute Gasteiger partial charge is 0.360 e. The molecule has 2 amide bonds. The predicted molar refractivity (Wildman–Crippen MR) is 98.5 cm³/mol. The van der Waals surface area contributed by atoms with Crippen molar-refractivity contribution in [2.45, 2.75) is 46.0 Å². The van der Waals surface area contributed by atoms with Crippen molar-refractivity contribution in [1.29, 1.82) is 0 Å². The van der Waals surface area contributed by atoms with Crippen LogP contribution in [0.2, 0.25) is 0 Å². The Morgan fingerprint density at radius 1 is 1.31 bits per heavy atom. The Balaban J connectivity index is 1.58. The number of rotatable bonds is 4. The van der Waals surface area contributed by atoms with E-state index in [1.807, 2.05) is 36.9 Å². The first-order chi connectivity index (χ1) is 12.5. The zero-order valence-electron chi connectivity index (χ0n) is 15.3. The van der Waals surface area contributed by atoms with Crippen LogP contribution in [0.15, 0.2) is 22.7 Å². The number of anilines is 2. The van der Waals surface area contributed by atoms with Crippen molar-refractivity contribution < 1.29 is 14.1 Å². The fraction of sp³-hybridized carbons (Fsp3) is 0.450. The summed E-state index contributed by atoms with van der Waals surface area (Å²) in [6, 6.07) is 5.78. The van der Waals surface area contributed by atoms with Gasteiger partial charge in [-0.1, -0.05) is 25.1 Å². The van der Waals surface area contributed by atoms with Crippen LogP contribution in [0.3, 0.4) is 0 Å². The number of benzene rings is 1. The van der Waals surface area contributed by atoms with Gasteiger partial charge in [-0.2, -0.15) is 0 Å². The molecule has 1 aliphatic carbocycles. The molecule has 0 saturated heterocycles. The van der Waals surface area contributed by atoms with Crippen LogP contribution < -0.4 is 10.2 Å². The molecule has 4 rings (SSSR count). The van der Waals surface area contributed by atoms with E-state index in [9.17, 15) is 9.59 Å². The first kappa shape index (κ1) is 16.8. The second-order valence-electron chi connectivity index (χ2n) is 7.47. The van der Waals surface area contributed by atoms with Crippen molar-refractivity contribution in [3.63, 3.8) is 0 Å². The van der Waals surface area contributed by atoms with Gasteiger partial charge >= 0.3 is 0 Å². The fourth-order valence-electron chi connectivity index (χ4n) is 3.49. The van der Waals surface area contributed by atoms with E-state index >= 15 is 0 Å². The van der Waals surface area contributed by atoms with Crippen LogP contribution in [0.25, 0.3) is 0 Å². The van der Waals surface area contributed by atoms with Crippen molar-refractivity contribution in [2.24, 2.45) is 5.92 Å². The molecular weight excluding hydrogens is 330 g/mol. The number of carbonyl (C=O) groups excluding carboxylic acids is 2. The van der Waals surface area contributed by atoms with Crippen molar-refractivity contribution in [2.75, 3.05) is 16.8 Å². The van der Waals surface area contributed by atoms with Gasteiger partial charge < -0.3 is 14.7 Å². The summed E-state index contributed by atoms with van der Waals surface area (Å²) >= 11 is 0. The fourth-order valence-corrected chi connectivity index (χ4v) is 3.49. The second-order valence-corrected chi connectivity index (χ2v) is 7.47. The highest BCUT2D eigenvalue weighted by Crippen LogP contribution is 2.37. The highest BCUT2D eigenvalue weighted by Gasteiger charge is 2.36. The van der Waals surface area contributed by atoms with Gasteiger partial charge in [0, 0.05) is 29.8 Å². The standard InChI is InChI=1S/C20H23N3O3/c1-11(2)18-17(12(3)22-26-18)19(24)21-15-7-6-13-8-9-23(16(13)10-15)20(25)14-4-5-14/h6-7,10-11,14H,4-5,8-9H2,1-3H3,(H,21,24). The van der Waals surface area contributed by atoms with Gasteiger partial charge in [-0.05, 0) is 43.9 Å². The Hall–Kier alpha value is -2.63. The molecule has 6 heteroatoms. The summed E-state index contributed by atoms with van der Waals surface area (Å²) in [5.41, 5.74) is 3.83. The van der Waals surface area contributed by atoms with E-state index < -0.39 is 0 Å². The third-order valence-electron chi connectivity index (χ3n) is 5.07. The summed E-state index contributed by atoms with van der Waals surface area (Å²) in [7, 11) is 0. The van der Waals surface area contributed by atoms with Crippen LogP contribution in [0.5, 0.6) is 0 Å². The summed E-state index contributed by atoms with van der Waals surface area (Å²) < 4.78 is 5.31. The molecule has 1 aliphatic heterocycles. The molecule has 1 aromatic carbocycles. The molecule has 0 bridgehead atoms. The van der Waals surface area contributed by atoms with E-state index in [0.29, 0.717) is 22.7 Å². The van der Waals surface area contributed by atoms with Crippen molar-refractivity contribution >= 4 is 23.2 Å². The van der Waals surface area contributed by atoms with E-state index in [-0.39, 0.29) is 23.7 Å². The summed E-state index contributed by atoms with van der Waals surface area (Å²) in [6.45, 7) is 6.42. The summed E-state index contributed by atoms with van der Waals surface area (Å²) in [5.74, 6) is 0.831. The zero-order chi connectivity index (χ0) is 18.4. The average Bonchev–Trinajstić information content (AvgIpc) is 3.25. The lowest BCUT2D eigenvalue weighted by atomic mass is 10.0. The molecule has 6 nitrogen and oxygen atoms in total. The Kier molecular flexibility index (Phi) is 4.05. The molecule has 1 aromatic heterocycles. The van der Waals surface area contributed by atoms with Gasteiger partial charge in [0.25, 0.3) is 5.91 Å². The lowest BCUT2D eigenvalue weighted by Crippen LogP contribution is -2.30. The first-order valence-electron chi connectivity index (χ1n) is 9.17. The Morgan fingerprint density at radius 3 is 2.77 bits per heavy atom. The Labute approximate surface area is 152 Å². The van der Waals surface area contributed by atoms with Crippen LogP contribution in [0.4, 0.5) is 11.4 Å². The van der Waals surface area contributed by atoms with Gasteiger partial charge in [0.15, 0.2) is 5.76 Å². The van der Waals surface area contributed by atoms with E-state index in [1.54, 1.807) is 6.92 Å². The quantitative estimate of drug-likeness (QED) is 0.910. The minimum Gasteiger partial charge on any atom is -0.360 e. The smallest absolute Gasteiger partial charge is 0.261 e. The average molecular weight is 353 g/mol. The molecule has 2 aliphatic rings. The maximum atomic E-state index is 12.8. The molecule has 1 fully saturated rings. The zero-order valence-corrected chi connectivity index (χ0v) is 15.3. The third-order valence-corrected chi connectivity index (χ3v) is 5.07. The minimum atomic E-state index is -0.231. The second kappa shape index (κ2) is 6.27. The molecule has 26 heavy (non-hydrogen) atoms. The number of aromatic nitrogens is 1. The van der Waals surface area contributed by atoms with Gasteiger partial charge in [-0.3, -0.25) is 9.59 Å². The van der Waals surface area contributed by atoms with E-state index in [2.05, 4.69) is 10.5 Å². The van der Waals surface area contributed by atoms with Gasteiger partial charge in [0.05, 0.1) is 5.69 Å². The van der Waals surface area contributed by atoms with Gasteiger partial charge in [-0.25, -0.2) is 0 Å². The Bertz CT molecular complexity index is 880. The van der Waals surface area contributed by atoms with Crippen LogP contribution in [-0.2, 0) is 11.2 Å². The molecule has 0 radical (unpaired) electrons. The van der Waals surface area contributed by atoms with Crippen LogP contribution in [0, 0.1) is 12.8 Å². The number of hydrogen-bond donors (Lipinski definition) is 1. The number of nitrogens with zero attached hydrogens (tertiary/aromatic N) is 2. The lowest BCUT2D eigenvalue weighted by molar-refractivity contribution is -0.119. The molecule has 2 heterocycles. The van der Waals surface area contributed by atoms with Crippen LogP contribution >= 0.6 is 0 Å². The molecule has 2 aromatic rings. The maximum Gasteiger partial charge on any atom is 0.261 e. The number of amides is 2. The highest BCUT2D eigenvalue weighted by atomic mass is 16.5. The predicted octanol–water partition coefficient (Wildman–Crippen LogP) is 3.66. The first-order valence-corrected chi connectivity index (χ1v) is 9.17. The van der Waals surface area contributed by atoms with E-state index in [1.165, 1.54) is 0 Å². The number of nitrogens with one attached hydrogen (secondary N) is 1. The lowest BCUT2D eigenvalue weighted by Gasteiger charge is -2.18. The van der Waals surface area contributed by atoms with Gasteiger partial charge in [0.1, 0.15) is 5.56 Å². The molecule has 0 spiro atoms. The van der Waals surface area contributed by atoms with Gasteiger partial charge in [-0.15, -0.1) is 0 Å².